The zero-order chi connectivity index (χ0) is 30.9. The highest BCUT2D eigenvalue weighted by Gasteiger charge is 2.34. The third-order valence-electron chi connectivity index (χ3n) is 8.75. The number of carbonyl (C=O) groups excluding carboxylic acids is 4. The lowest BCUT2D eigenvalue weighted by molar-refractivity contribution is -0.133. The summed E-state index contributed by atoms with van der Waals surface area (Å²) in [6.07, 6.45) is 6.56. The number of amides is 3. The van der Waals surface area contributed by atoms with Gasteiger partial charge in [0.15, 0.2) is 5.78 Å². The molecular formula is C34H42N4O6. The lowest BCUT2D eigenvalue weighted by Crippen LogP contribution is -2.53. The number of aromatic amines is 1. The van der Waals surface area contributed by atoms with Crippen molar-refractivity contribution < 1.29 is 28.7 Å². The first-order valence-corrected chi connectivity index (χ1v) is 15.6. The number of fused-ring (bicyclic) bond motifs is 1. The van der Waals surface area contributed by atoms with Crippen LogP contribution in [0.4, 0.5) is 0 Å². The van der Waals surface area contributed by atoms with Crippen LogP contribution in [-0.4, -0.2) is 60.8 Å². The Labute approximate surface area is 257 Å². The largest absolute Gasteiger partial charge is 0.496 e. The molecule has 10 nitrogen and oxygen atoms in total. The zero-order valence-corrected chi connectivity index (χ0v) is 25.2. The van der Waals surface area contributed by atoms with E-state index in [2.05, 4.69) is 20.9 Å². The van der Waals surface area contributed by atoms with Crippen molar-refractivity contribution in [2.75, 3.05) is 20.3 Å². The lowest BCUT2D eigenvalue weighted by atomic mass is 9.84. The van der Waals surface area contributed by atoms with Crippen molar-refractivity contribution in [3.05, 3.63) is 65.9 Å². The smallest absolute Gasteiger partial charge is 0.268 e. The maximum Gasteiger partial charge on any atom is 0.268 e. The molecule has 3 atom stereocenters. The number of ether oxygens (including phenoxy) is 2. The molecule has 1 saturated carbocycles. The number of hydrogen-bond acceptors (Lipinski definition) is 6. The fourth-order valence-corrected chi connectivity index (χ4v) is 6.29. The maximum absolute atomic E-state index is 13.9. The first kappa shape index (κ1) is 31.3. The van der Waals surface area contributed by atoms with E-state index in [1.807, 2.05) is 48.5 Å². The van der Waals surface area contributed by atoms with Crippen molar-refractivity contribution in [2.45, 2.75) is 70.1 Å². The molecule has 1 saturated heterocycles. The number of methoxy groups -OCH3 is 1. The van der Waals surface area contributed by atoms with Crippen LogP contribution in [0.25, 0.3) is 10.9 Å². The Balaban J connectivity index is 1.31. The van der Waals surface area contributed by atoms with Crippen LogP contribution in [0.5, 0.6) is 5.75 Å². The molecule has 44 heavy (non-hydrogen) atoms. The van der Waals surface area contributed by atoms with E-state index < -0.39 is 23.9 Å². The number of H-pyrrole nitrogens is 1. The Morgan fingerprint density at radius 1 is 0.932 bits per heavy atom. The van der Waals surface area contributed by atoms with Crippen LogP contribution in [0.2, 0.25) is 0 Å². The van der Waals surface area contributed by atoms with Crippen LogP contribution in [0, 0.1) is 11.8 Å². The highest BCUT2D eigenvalue weighted by Crippen LogP contribution is 2.29. The van der Waals surface area contributed by atoms with Gasteiger partial charge in [-0.25, -0.2) is 0 Å². The molecule has 10 heteroatoms. The predicted octanol–water partition coefficient (Wildman–Crippen LogP) is 4.04. The summed E-state index contributed by atoms with van der Waals surface area (Å²) in [6, 6.07) is 15.0. The molecule has 4 N–H and O–H groups in total. The first-order valence-electron chi connectivity index (χ1n) is 15.6. The molecule has 5 rings (SSSR count). The molecule has 2 heterocycles. The van der Waals surface area contributed by atoms with Crippen LogP contribution in [0.3, 0.4) is 0 Å². The van der Waals surface area contributed by atoms with E-state index in [0.717, 1.165) is 42.1 Å². The Hall–Kier alpha value is -4.18. The number of carbonyl (C=O) groups is 4. The van der Waals surface area contributed by atoms with Crippen molar-refractivity contribution in [1.82, 2.24) is 20.9 Å². The standard InChI is InChI=1S/C34H42N4O6/c1-43-31-14-8-13-26-25(31)19-29(36-26)34(42)38-28(17-22-9-4-2-5-10-22)33(41)37-27(18-24-15-16-35-32(24)40)30(39)21-44-20-23-11-6-3-7-12-23/h3,6-8,11-14,19,22,24,27-28,36H,2,4-5,9-10,15-18,20-21H2,1H3,(H,35,40)(H,37,41)(H,38,42)/t24?,27-,28+/m0/s1. The summed E-state index contributed by atoms with van der Waals surface area (Å²) in [5.41, 5.74) is 2.00. The van der Waals surface area contributed by atoms with Gasteiger partial charge in [0.2, 0.25) is 11.8 Å². The van der Waals surface area contributed by atoms with Gasteiger partial charge in [-0.1, -0.05) is 68.5 Å². The third kappa shape index (κ3) is 8.05. The number of benzene rings is 2. The fourth-order valence-electron chi connectivity index (χ4n) is 6.29. The third-order valence-corrected chi connectivity index (χ3v) is 8.75. The molecule has 2 fully saturated rings. The van der Waals surface area contributed by atoms with Crippen molar-refractivity contribution in [2.24, 2.45) is 11.8 Å². The van der Waals surface area contributed by atoms with Crippen LogP contribution in [0.15, 0.2) is 54.6 Å². The molecular weight excluding hydrogens is 560 g/mol. The lowest BCUT2D eigenvalue weighted by Gasteiger charge is -2.28. The molecule has 1 aliphatic carbocycles. The highest BCUT2D eigenvalue weighted by molar-refractivity contribution is 6.02. The number of rotatable bonds is 14. The Morgan fingerprint density at radius 2 is 1.73 bits per heavy atom. The fraction of sp³-hybridized carbons (Fsp3) is 0.471. The maximum atomic E-state index is 13.9. The Kier molecular flexibility index (Phi) is 10.7. The van der Waals surface area contributed by atoms with E-state index in [-0.39, 0.29) is 43.2 Å². The average Bonchev–Trinajstić information content (AvgIpc) is 3.67. The highest BCUT2D eigenvalue weighted by atomic mass is 16.5. The van der Waals surface area contributed by atoms with Gasteiger partial charge in [0.05, 0.1) is 19.8 Å². The summed E-state index contributed by atoms with van der Waals surface area (Å²) in [7, 11) is 1.58. The Bertz CT molecular complexity index is 1450. The van der Waals surface area contributed by atoms with E-state index in [4.69, 9.17) is 9.47 Å². The van der Waals surface area contributed by atoms with Crippen molar-refractivity contribution in [3.8, 4) is 5.75 Å². The second-order valence-corrected chi connectivity index (χ2v) is 11.9. The molecule has 0 radical (unpaired) electrons. The molecule has 2 aromatic carbocycles. The van der Waals surface area contributed by atoms with Gasteiger partial charge < -0.3 is 30.4 Å². The number of aromatic nitrogens is 1. The molecule has 3 aromatic rings. The minimum Gasteiger partial charge on any atom is -0.496 e. The van der Waals surface area contributed by atoms with Crippen LogP contribution < -0.4 is 20.7 Å². The molecule has 3 amide bonds. The van der Waals surface area contributed by atoms with Crippen LogP contribution >= 0.6 is 0 Å². The summed E-state index contributed by atoms with van der Waals surface area (Å²) < 4.78 is 11.1. The van der Waals surface area contributed by atoms with Crippen LogP contribution in [-0.2, 0) is 25.7 Å². The minimum atomic E-state index is -0.921. The summed E-state index contributed by atoms with van der Waals surface area (Å²) in [6.45, 7) is 0.593. The van der Waals surface area contributed by atoms with Crippen molar-refractivity contribution in [3.63, 3.8) is 0 Å². The summed E-state index contributed by atoms with van der Waals surface area (Å²) in [4.78, 5) is 56.3. The first-order chi connectivity index (χ1) is 21.4. The van der Waals surface area contributed by atoms with E-state index in [1.54, 1.807) is 13.2 Å². The van der Waals surface area contributed by atoms with Gasteiger partial charge in [-0.2, -0.15) is 0 Å². The quantitative estimate of drug-likeness (QED) is 0.220. The van der Waals surface area contributed by atoms with Gasteiger partial charge in [-0.3, -0.25) is 19.2 Å². The summed E-state index contributed by atoms with van der Waals surface area (Å²) >= 11 is 0. The number of ketones is 1. The van der Waals surface area contributed by atoms with Gasteiger partial charge >= 0.3 is 0 Å². The zero-order valence-electron chi connectivity index (χ0n) is 25.2. The number of Topliss-reactive ketones (excluding diaryl/α,β-unsaturated/α-hetero) is 1. The molecule has 1 unspecified atom stereocenters. The minimum absolute atomic E-state index is 0.122. The normalized spacial score (nSPS) is 18.4. The van der Waals surface area contributed by atoms with Gasteiger partial charge in [-0.15, -0.1) is 0 Å². The molecule has 234 valence electrons. The van der Waals surface area contributed by atoms with Gasteiger partial charge in [0.1, 0.15) is 24.1 Å². The number of nitrogens with one attached hydrogen (secondary N) is 4. The molecule has 1 aromatic heterocycles. The van der Waals surface area contributed by atoms with E-state index in [1.165, 1.54) is 6.42 Å². The molecule has 0 spiro atoms. The predicted molar refractivity (Wildman–Crippen MR) is 166 cm³/mol. The monoisotopic (exact) mass is 602 g/mol. The summed E-state index contributed by atoms with van der Waals surface area (Å²) in [5.74, 6) is -0.734. The molecule has 1 aliphatic heterocycles. The molecule has 2 aliphatic rings. The van der Waals surface area contributed by atoms with Crippen molar-refractivity contribution in [1.29, 1.82) is 0 Å². The van der Waals surface area contributed by atoms with Gasteiger partial charge in [0, 0.05) is 23.4 Å². The number of hydrogen-bond donors (Lipinski definition) is 4. The van der Waals surface area contributed by atoms with E-state index in [9.17, 15) is 19.2 Å². The molecule has 0 bridgehead atoms. The summed E-state index contributed by atoms with van der Waals surface area (Å²) in [5, 5.41) is 9.43. The SMILES string of the molecule is COc1cccc2[nH]c(C(=O)N[C@H](CC3CCCCC3)C(=O)N[C@@H](CC3CCNC3=O)C(=O)COCc3ccccc3)cc12. The topological polar surface area (TPSA) is 139 Å². The second kappa shape index (κ2) is 15.0. The van der Waals surface area contributed by atoms with E-state index >= 15 is 0 Å². The van der Waals surface area contributed by atoms with E-state index in [0.29, 0.717) is 30.8 Å². The van der Waals surface area contributed by atoms with Gasteiger partial charge in [0.25, 0.3) is 5.91 Å². The Morgan fingerprint density at radius 3 is 2.45 bits per heavy atom. The second-order valence-electron chi connectivity index (χ2n) is 11.9. The van der Waals surface area contributed by atoms with Crippen molar-refractivity contribution >= 4 is 34.4 Å². The van der Waals surface area contributed by atoms with Crippen LogP contribution in [0.1, 0.15) is 67.4 Å². The van der Waals surface area contributed by atoms with Gasteiger partial charge in [-0.05, 0) is 48.9 Å². The average molecular weight is 603 g/mol.